The zero-order valence-corrected chi connectivity index (χ0v) is 12.1. The van der Waals surface area contributed by atoms with Crippen LogP contribution in [0, 0.1) is 0 Å². The summed E-state index contributed by atoms with van der Waals surface area (Å²) in [6.45, 7) is 3.42. The number of aliphatic hydroxyl groups is 1. The van der Waals surface area contributed by atoms with Gasteiger partial charge in [-0.1, -0.05) is 12.1 Å². The molecular weight excluding hydrogens is 276 g/mol. The van der Waals surface area contributed by atoms with Gasteiger partial charge in [0, 0.05) is 6.54 Å². The van der Waals surface area contributed by atoms with Gasteiger partial charge in [-0.15, -0.1) is 0 Å². The van der Waals surface area contributed by atoms with Crippen LogP contribution in [0.1, 0.15) is 6.92 Å². The van der Waals surface area contributed by atoms with Crippen LogP contribution in [0.5, 0.6) is 11.5 Å². The molecule has 2 amide bonds. The molecule has 0 saturated heterocycles. The van der Waals surface area contributed by atoms with Crippen molar-refractivity contribution in [1.29, 1.82) is 0 Å². The van der Waals surface area contributed by atoms with E-state index in [0.29, 0.717) is 31.3 Å². The van der Waals surface area contributed by atoms with Gasteiger partial charge in [0.15, 0.2) is 18.2 Å². The van der Waals surface area contributed by atoms with E-state index in [2.05, 4.69) is 10.6 Å². The predicted molar refractivity (Wildman–Crippen MR) is 77.5 cm³/mol. The first kappa shape index (κ1) is 17.1. The van der Waals surface area contributed by atoms with Gasteiger partial charge in [0.2, 0.25) is 0 Å². The van der Waals surface area contributed by atoms with Crippen LogP contribution in [0.4, 0.5) is 4.79 Å². The van der Waals surface area contributed by atoms with Crippen molar-refractivity contribution in [1.82, 2.24) is 10.6 Å². The van der Waals surface area contributed by atoms with Crippen molar-refractivity contribution in [3.8, 4) is 11.5 Å². The topological polar surface area (TPSA) is 89.1 Å². The maximum absolute atomic E-state index is 11.4. The summed E-state index contributed by atoms with van der Waals surface area (Å²) >= 11 is 0. The van der Waals surface area contributed by atoms with Crippen LogP contribution in [0.25, 0.3) is 0 Å². The Hall–Kier alpha value is -1.99. The SMILES string of the molecule is CCOc1ccccc1OCNC(=O)NCCOCCO. The number of para-hydroxylation sites is 2. The molecule has 0 radical (unpaired) electrons. The summed E-state index contributed by atoms with van der Waals surface area (Å²) in [5.74, 6) is 1.21. The van der Waals surface area contributed by atoms with Gasteiger partial charge in [-0.3, -0.25) is 0 Å². The normalized spacial score (nSPS) is 10.0. The Morgan fingerprint density at radius 1 is 1.14 bits per heavy atom. The largest absolute Gasteiger partial charge is 0.490 e. The third kappa shape index (κ3) is 7.38. The van der Waals surface area contributed by atoms with Crippen molar-refractivity contribution in [3.05, 3.63) is 24.3 Å². The Balaban J connectivity index is 2.19. The van der Waals surface area contributed by atoms with Gasteiger partial charge in [0.1, 0.15) is 0 Å². The van der Waals surface area contributed by atoms with E-state index in [1.807, 2.05) is 19.1 Å². The average molecular weight is 298 g/mol. The van der Waals surface area contributed by atoms with E-state index in [-0.39, 0.29) is 26.0 Å². The van der Waals surface area contributed by atoms with Crippen molar-refractivity contribution in [2.24, 2.45) is 0 Å². The van der Waals surface area contributed by atoms with Crippen molar-refractivity contribution >= 4 is 6.03 Å². The second kappa shape index (κ2) is 10.8. The molecule has 0 aliphatic rings. The molecule has 0 aliphatic carbocycles. The smallest absolute Gasteiger partial charge is 0.317 e. The average Bonchev–Trinajstić information content (AvgIpc) is 2.49. The van der Waals surface area contributed by atoms with E-state index < -0.39 is 0 Å². The number of ether oxygens (including phenoxy) is 3. The molecule has 3 N–H and O–H groups in total. The van der Waals surface area contributed by atoms with Crippen molar-refractivity contribution in [2.45, 2.75) is 6.92 Å². The Bertz CT molecular complexity index is 414. The van der Waals surface area contributed by atoms with Crippen LogP contribution < -0.4 is 20.1 Å². The highest BCUT2D eigenvalue weighted by Gasteiger charge is 2.04. The van der Waals surface area contributed by atoms with E-state index >= 15 is 0 Å². The lowest BCUT2D eigenvalue weighted by Crippen LogP contribution is -2.39. The number of carbonyl (C=O) groups is 1. The number of urea groups is 1. The number of nitrogens with one attached hydrogen (secondary N) is 2. The number of hydrogen-bond donors (Lipinski definition) is 3. The lowest BCUT2D eigenvalue weighted by atomic mass is 10.3. The third-order valence-electron chi connectivity index (χ3n) is 2.38. The lowest BCUT2D eigenvalue weighted by molar-refractivity contribution is 0.0945. The molecule has 1 aromatic rings. The number of benzene rings is 1. The molecule has 0 unspecified atom stereocenters. The zero-order chi connectivity index (χ0) is 15.3. The molecule has 0 spiro atoms. The van der Waals surface area contributed by atoms with Crippen molar-refractivity contribution in [2.75, 3.05) is 39.7 Å². The minimum absolute atomic E-state index is 0.0285. The molecule has 1 rings (SSSR count). The number of hydrogen-bond acceptors (Lipinski definition) is 5. The molecule has 0 atom stereocenters. The first-order chi connectivity index (χ1) is 10.3. The second-order valence-electron chi connectivity index (χ2n) is 3.94. The van der Waals surface area contributed by atoms with E-state index in [4.69, 9.17) is 19.3 Å². The minimum Gasteiger partial charge on any atom is -0.490 e. The standard InChI is InChI=1S/C14H22N2O5/c1-2-20-12-5-3-4-6-13(12)21-11-16-14(18)15-7-9-19-10-8-17/h3-6,17H,2,7-11H2,1H3,(H2,15,16,18). The predicted octanol–water partition coefficient (Wildman–Crippen LogP) is 0.730. The molecule has 21 heavy (non-hydrogen) atoms. The van der Waals surface area contributed by atoms with E-state index in [9.17, 15) is 4.79 Å². The summed E-state index contributed by atoms with van der Waals surface area (Å²) in [5, 5.41) is 13.7. The highest BCUT2D eigenvalue weighted by atomic mass is 16.5. The molecule has 7 nitrogen and oxygen atoms in total. The summed E-state index contributed by atoms with van der Waals surface area (Å²) < 4.78 is 15.9. The van der Waals surface area contributed by atoms with Gasteiger partial charge >= 0.3 is 6.03 Å². The second-order valence-corrected chi connectivity index (χ2v) is 3.94. The summed E-state index contributed by atoms with van der Waals surface area (Å²) in [6, 6.07) is 6.90. The van der Waals surface area contributed by atoms with E-state index in [1.54, 1.807) is 12.1 Å². The van der Waals surface area contributed by atoms with Crippen molar-refractivity contribution < 1.29 is 24.1 Å². The summed E-state index contributed by atoms with van der Waals surface area (Å²) in [6.07, 6.45) is 0. The highest BCUT2D eigenvalue weighted by molar-refractivity contribution is 5.73. The molecule has 0 saturated carbocycles. The molecule has 0 aromatic heterocycles. The van der Waals surface area contributed by atoms with Gasteiger partial charge < -0.3 is 30.0 Å². The first-order valence-electron chi connectivity index (χ1n) is 6.82. The van der Waals surface area contributed by atoms with E-state index in [1.165, 1.54) is 0 Å². The Morgan fingerprint density at radius 2 is 1.86 bits per heavy atom. The van der Waals surface area contributed by atoms with Crippen LogP contribution >= 0.6 is 0 Å². The molecule has 0 heterocycles. The van der Waals surface area contributed by atoms with Crippen LogP contribution in [-0.4, -0.2) is 50.8 Å². The van der Waals surface area contributed by atoms with E-state index in [0.717, 1.165) is 0 Å². The van der Waals surface area contributed by atoms with Crippen LogP contribution in [-0.2, 0) is 4.74 Å². The van der Waals surface area contributed by atoms with Crippen LogP contribution in [0.15, 0.2) is 24.3 Å². The number of carbonyl (C=O) groups excluding carboxylic acids is 1. The fourth-order valence-electron chi connectivity index (χ4n) is 1.49. The van der Waals surface area contributed by atoms with Gasteiger partial charge in [0.05, 0.1) is 26.4 Å². The number of amides is 2. The van der Waals surface area contributed by atoms with Gasteiger partial charge in [-0.05, 0) is 19.1 Å². The minimum atomic E-state index is -0.350. The Morgan fingerprint density at radius 3 is 2.52 bits per heavy atom. The molecule has 118 valence electrons. The first-order valence-corrected chi connectivity index (χ1v) is 6.82. The maximum atomic E-state index is 11.4. The van der Waals surface area contributed by atoms with Crippen LogP contribution in [0.3, 0.4) is 0 Å². The third-order valence-corrected chi connectivity index (χ3v) is 2.38. The number of rotatable bonds is 10. The van der Waals surface area contributed by atoms with Crippen LogP contribution in [0.2, 0.25) is 0 Å². The van der Waals surface area contributed by atoms with Gasteiger partial charge in [-0.25, -0.2) is 4.79 Å². The Kier molecular flexibility index (Phi) is 8.74. The molecule has 1 aromatic carbocycles. The fraction of sp³-hybridized carbons (Fsp3) is 0.500. The number of aliphatic hydroxyl groups excluding tert-OH is 1. The molecule has 0 aliphatic heterocycles. The quantitative estimate of drug-likeness (QED) is 0.438. The van der Waals surface area contributed by atoms with Gasteiger partial charge in [0.25, 0.3) is 0 Å². The summed E-state index contributed by atoms with van der Waals surface area (Å²) in [4.78, 5) is 11.4. The Labute approximate surface area is 124 Å². The molecule has 0 fully saturated rings. The lowest BCUT2D eigenvalue weighted by Gasteiger charge is -2.12. The maximum Gasteiger partial charge on any atom is 0.317 e. The zero-order valence-electron chi connectivity index (χ0n) is 12.1. The highest BCUT2D eigenvalue weighted by Crippen LogP contribution is 2.25. The monoisotopic (exact) mass is 298 g/mol. The molecule has 7 heteroatoms. The summed E-state index contributed by atoms with van der Waals surface area (Å²) in [7, 11) is 0. The molecule has 0 bridgehead atoms. The van der Waals surface area contributed by atoms with Gasteiger partial charge in [-0.2, -0.15) is 0 Å². The molecular formula is C14H22N2O5. The summed E-state index contributed by atoms with van der Waals surface area (Å²) in [5.41, 5.74) is 0. The fourth-order valence-corrected chi connectivity index (χ4v) is 1.49. The van der Waals surface area contributed by atoms with Crippen molar-refractivity contribution in [3.63, 3.8) is 0 Å².